The van der Waals surface area contributed by atoms with E-state index in [1.54, 1.807) is 5.57 Å². The summed E-state index contributed by atoms with van der Waals surface area (Å²) in [6.07, 6.45) is 20.9. The van der Waals surface area contributed by atoms with Crippen LogP contribution in [0.15, 0.2) is 23.3 Å². The van der Waals surface area contributed by atoms with Gasteiger partial charge in [-0.05, 0) is 142 Å². The zero-order valence-corrected chi connectivity index (χ0v) is 36.2. The number of esters is 3. The molecule has 8 aliphatic carbocycles. The fraction of sp³-hybridized carbons (Fsp3) is 0.812. The standard InChI is InChI=1S/C27H38O8.C21H32O3/c1-26-12-9-18(34-25(32)11-14-33-16-28)15-17(26)3-4-19-20-5-6-22(27(20,2)13-10-21(19)26)35-24(31)8-7-23(29)30;1-13(22)24-15-8-10-20(2)14(12-15)4-5-16-17-6-7-19(23)21(17,3)11-9-18(16)20/h3,16,18-22H,4-15H2,1-2H3,(H,29,30);4,15-19,23H,5-12H2,1-3H3/t18-,19?,20?,21?,22-,26-,27-;15-,16?,17?,18?,19-,20-,21-/m00/s1. The molecule has 6 fully saturated rings. The van der Waals surface area contributed by atoms with Gasteiger partial charge in [-0.2, -0.15) is 0 Å². The van der Waals surface area contributed by atoms with Gasteiger partial charge in [-0.1, -0.05) is 51.0 Å². The van der Waals surface area contributed by atoms with Crippen LogP contribution in [0, 0.1) is 57.2 Å². The van der Waals surface area contributed by atoms with Crippen molar-refractivity contribution in [3.05, 3.63) is 23.3 Å². The van der Waals surface area contributed by atoms with Gasteiger partial charge in [0.1, 0.15) is 24.9 Å². The maximum absolute atomic E-state index is 12.3. The normalized spacial score (nSPS) is 42.8. The molecule has 8 rings (SSSR count). The minimum Gasteiger partial charge on any atom is -0.481 e. The van der Waals surface area contributed by atoms with Gasteiger partial charge < -0.3 is 29.2 Å². The van der Waals surface area contributed by atoms with E-state index < -0.39 is 11.9 Å². The highest BCUT2D eigenvalue weighted by Crippen LogP contribution is 2.67. The van der Waals surface area contributed by atoms with Crippen molar-refractivity contribution >= 4 is 30.3 Å². The number of hydrogen-bond donors (Lipinski definition) is 2. The Morgan fingerprint density at radius 2 is 1.20 bits per heavy atom. The highest BCUT2D eigenvalue weighted by atomic mass is 16.6. The smallest absolute Gasteiger partial charge is 0.309 e. The molecule has 59 heavy (non-hydrogen) atoms. The Labute approximate surface area is 350 Å². The quantitative estimate of drug-likeness (QED) is 0.0715. The van der Waals surface area contributed by atoms with E-state index in [1.807, 2.05) is 0 Å². The summed E-state index contributed by atoms with van der Waals surface area (Å²) in [7, 11) is 0. The Hall–Kier alpha value is -3.21. The molecule has 0 spiro atoms. The van der Waals surface area contributed by atoms with Crippen molar-refractivity contribution in [2.24, 2.45) is 57.2 Å². The lowest BCUT2D eigenvalue weighted by Gasteiger charge is -2.57. The van der Waals surface area contributed by atoms with Crippen LogP contribution < -0.4 is 0 Å². The van der Waals surface area contributed by atoms with E-state index in [1.165, 1.54) is 31.8 Å². The fourth-order valence-corrected chi connectivity index (χ4v) is 14.7. The molecule has 0 amide bonds. The van der Waals surface area contributed by atoms with E-state index in [0.29, 0.717) is 30.1 Å². The molecule has 6 unspecified atom stereocenters. The average Bonchev–Trinajstić information content (AvgIpc) is 3.68. The number of rotatable bonds is 10. The number of ether oxygens (including phenoxy) is 4. The third-order valence-electron chi connectivity index (χ3n) is 17.9. The number of fused-ring (bicyclic) bond motifs is 10. The number of aliphatic hydroxyl groups excluding tert-OH is 1. The van der Waals surface area contributed by atoms with Crippen LogP contribution in [0.3, 0.4) is 0 Å². The molecule has 0 aliphatic heterocycles. The van der Waals surface area contributed by atoms with Gasteiger partial charge in [0.25, 0.3) is 6.47 Å². The Balaban J connectivity index is 0.000000191. The molecule has 0 bridgehead atoms. The molecule has 6 saturated carbocycles. The SMILES string of the molecule is CC(=O)O[C@H]1CC[C@@]2(C)C(=CCC3C2CC[C@@]2(C)C3CC[C@@H]2O)C1.C[C@]12CC[C@H](OC(=O)CCOC=O)CC1=CCC1C2CC[C@@]2(C)C1CC[C@@H]2OC(=O)CCC(=O)O. The van der Waals surface area contributed by atoms with E-state index in [9.17, 15) is 29.1 Å². The molecule has 0 aromatic heterocycles. The summed E-state index contributed by atoms with van der Waals surface area (Å²) in [5.41, 5.74) is 3.43. The van der Waals surface area contributed by atoms with Crippen molar-refractivity contribution < 1.29 is 53.1 Å². The van der Waals surface area contributed by atoms with Crippen LogP contribution in [0.1, 0.15) is 157 Å². The Morgan fingerprint density at radius 1 is 0.661 bits per heavy atom. The summed E-state index contributed by atoms with van der Waals surface area (Å²) in [5.74, 6) is 1.93. The molecule has 0 aromatic carbocycles. The van der Waals surface area contributed by atoms with Crippen LogP contribution in [-0.2, 0) is 42.9 Å². The first-order valence-corrected chi connectivity index (χ1v) is 22.9. The minimum atomic E-state index is -0.979. The molecule has 8 aliphatic rings. The number of carbonyl (C=O) groups excluding carboxylic acids is 4. The second kappa shape index (κ2) is 17.3. The molecular formula is C48H70O11. The van der Waals surface area contributed by atoms with Crippen molar-refractivity contribution in [1.82, 2.24) is 0 Å². The topological polar surface area (TPSA) is 163 Å². The lowest BCUT2D eigenvalue weighted by Crippen LogP contribution is -2.51. The van der Waals surface area contributed by atoms with Gasteiger partial charge in [0.15, 0.2) is 0 Å². The molecule has 11 nitrogen and oxygen atoms in total. The average molecular weight is 823 g/mol. The number of carboxylic acids is 1. The number of hydrogen-bond acceptors (Lipinski definition) is 10. The van der Waals surface area contributed by atoms with Crippen molar-refractivity contribution in [2.75, 3.05) is 6.61 Å². The van der Waals surface area contributed by atoms with Gasteiger partial charge >= 0.3 is 23.9 Å². The lowest BCUT2D eigenvalue weighted by atomic mass is 9.48. The van der Waals surface area contributed by atoms with Gasteiger partial charge in [0.2, 0.25) is 0 Å². The van der Waals surface area contributed by atoms with Crippen molar-refractivity contribution in [3.63, 3.8) is 0 Å². The first kappa shape index (κ1) is 43.9. The van der Waals surface area contributed by atoms with Gasteiger partial charge in [-0.25, -0.2) is 0 Å². The number of carbonyl (C=O) groups is 5. The second-order valence-electron chi connectivity index (χ2n) is 20.7. The predicted octanol–water partition coefficient (Wildman–Crippen LogP) is 8.44. The Kier molecular flexibility index (Phi) is 12.8. The van der Waals surface area contributed by atoms with Crippen LogP contribution in [0.5, 0.6) is 0 Å². The van der Waals surface area contributed by atoms with Crippen molar-refractivity contribution in [2.45, 2.75) is 181 Å². The van der Waals surface area contributed by atoms with Crippen LogP contribution >= 0.6 is 0 Å². The summed E-state index contributed by atoms with van der Waals surface area (Å²) in [4.78, 5) is 56.7. The summed E-state index contributed by atoms with van der Waals surface area (Å²) >= 11 is 0. The first-order valence-electron chi connectivity index (χ1n) is 22.9. The zero-order chi connectivity index (χ0) is 42.3. The Morgan fingerprint density at radius 3 is 1.78 bits per heavy atom. The zero-order valence-electron chi connectivity index (χ0n) is 36.2. The van der Waals surface area contributed by atoms with Gasteiger partial charge in [-0.15, -0.1) is 0 Å². The molecule has 0 aromatic rings. The number of allylic oxidation sites excluding steroid dienone is 2. The van der Waals surface area contributed by atoms with Crippen LogP contribution in [-0.4, -0.2) is 71.6 Å². The molecule has 0 radical (unpaired) electrons. The molecular weight excluding hydrogens is 753 g/mol. The third kappa shape index (κ3) is 8.40. The highest BCUT2D eigenvalue weighted by Gasteiger charge is 2.61. The van der Waals surface area contributed by atoms with E-state index in [4.69, 9.17) is 19.3 Å². The summed E-state index contributed by atoms with van der Waals surface area (Å²) in [5, 5.41) is 19.4. The number of carboxylic acid groups (broad SMARTS) is 1. The van der Waals surface area contributed by atoms with Gasteiger partial charge in [0, 0.05) is 25.2 Å². The van der Waals surface area contributed by atoms with Gasteiger partial charge in [0.05, 0.1) is 25.4 Å². The second-order valence-corrected chi connectivity index (χ2v) is 20.7. The van der Waals surface area contributed by atoms with Crippen molar-refractivity contribution in [1.29, 1.82) is 0 Å². The molecule has 11 heteroatoms. The van der Waals surface area contributed by atoms with Crippen molar-refractivity contribution in [3.8, 4) is 0 Å². The fourth-order valence-electron chi connectivity index (χ4n) is 14.7. The largest absolute Gasteiger partial charge is 0.481 e. The monoisotopic (exact) mass is 822 g/mol. The van der Waals surface area contributed by atoms with Crippen LogP contribution in [0.25, 0.3) is 0 Å². The van der Waals surface area contributed by atoms with Crippen LogP contribution in [0.2, 0.25) is 0 Å². The molecule has 328 valence electrons. The summed E-state index contributed by atoms with van der Waals surface area (Å²) in [6.45, 7) is 11.4. The maximum atomic E-state index is 12.3. The summed E-state index contributed by atoms with van der Waals surface area (Å²) in [6, 6.07) is 0. The first-order chi connectivity index (χ1) is 28.0. The van der Waals surface area contributed by atoms with E-state index in [2.05, 4.69) is 44.6 Å². The van der Waals surface area contributed by atoms with Gasteiger partial charge in [-0.3, -0.25) is 24.0 Å². The lowest BCUT2D eigenvalue weighted by molar-refractivity contribution is -0.161. The number of aliphatic hydroxyl groups is 1. The maximum Gasteiger partial charge on any atom is 0.309 e. The van der Waals surface area contributed by atoms with E-state index in [-0.39, 0.29) is 83.9 Å². The third-order valence-corrected chi connectivity index (χ3v) is 17.9. The highest BCUT2D eigenvalue weighted by molar-refractivity contribution is 5.76. The molecule has 0 saturated heterocycles. The molecule has 14 atom stereocenters. The molecule has 2 N–H and O–H groups in total. The van der Waals surface area contributed by atoms with E-state index in [0.717, 1.165) is 95.3 Å². The molecule has 0 heterocycles. The van der Waals surface area contributed by atoms with Crippen LogP contribution in [0.4, 0.5) is 0 Å². The predicted molar refractivity (Wildman–Crippen MR) is 218 cm³/mol. The minimum absolute atomic E-state index is 0.0508. The Bertz CT molecular complexity index is 1690. The van der Waals surface area contributed by atoms with E-state index >= 15 is 0 Å². The number of aliphatic carboxylic acids is 1. The summed E-state index contributed by atoms with van der Waals surface area (Å²) < 4.78 is 21.6.